The molecule has 0 unspecified atom stereocenters. The molecule has 0 N–H and O–H groups in total. The van der Waals surface area contributed by atoms with Gasteiger partial charge in [0.05, 0.1) is 25.7 Å². The van der Waals surface area contributed by atoms with Crippen LogP contribution in [-0.4, -0.2) is 33.7 Å². The van der Waals surface area contributed by atoms with E-state index < -0.39 is 0 Å². The summed E-state index contributed by atoms with van der Waals surface area (Å²) in [6.45, 7) is 7.04. The van der Waals surface area contributed by atoms with Gasteiger partial charge in [-0.1, -0.05) is 0 Å². The van der Waals surface area contributed by atoms with Crippen LogP contribution in [0, 0.1) is 0 Å². The van der Waals surface area contributed by atoms with Gasteiger partial charge in [0.1, 0.15) is 0 Å². The number of allylic oxidation sites excluding steroid dienone is 3. The molecular weight excluding hydrogens is 232 g/mol. The largest absolute Gasteiger partial charge is 0.502 e. The molecule has 0 rings (SSSR count). The summed E-state index contributed by atoms with van der Waals surface area (Å²) in [5.41, 5.74) is 0. The van der Waals surface area contributed by atoms with E-state index in [2.05, 4.69) is 0 Å². The monoisotopic (exact) mass is 258 g/mol. The number of rotatable bonds is 10. The van der Waals surface area contributed by atoms with Crippen LogP contribution in [0.4, 0.5) is 0 Å². The molecular formula is C14H26O4. The first-order valence-corrected chi connectivity index (χ1v) is 6.36. The van der Waals surface area contributed by atoms with E-state index in [4.69, 9.17) is 18.9 Å². The number of hydrogen-bond acceptors (Lipinski definition) is 4. The van der Waals surface area contributed by atoms with Gasteiger partial charge in [-0.05, 0) is 33.3 Å². The lowest BCUT2D eigenvalue weighted by Gasteiger charge is -2.14. The molecule has 0 aromatic heterocycles. The fourth-order valence-corrected chi connectivity index (χ4v) is 1.38. The minimum atomic E-state index is -0.331. The SMILES string of the molecule is CCOC(/C=C(/CC/C=C(/C)OC)OC)OCC. The molecule has 0 bridgehead atoms. The lowest BCUT2D eigenvalue weighted by Crippen LogP contribution is -2.15. The molecule has 0 atom stereocenters. The molecule has 0 fully saturated rings. The van der Waals surface area contributed by atoms with Gasteiger partial charge in [0.15, 0.2) is 6.29 Å². The highest BCUT2D eigenvalue weighted by Gasteiger charge is 2.06. The van der Waals surface area contributed by atoms with Gasteiger partial charge in [0, 0.05) is 25.7 Å². The Labute approximate surface area is 111 Å². The first-order valence-electron chi connectivity index (χ1n) is 6.36. The molecule has 0 aromatic carbocycles. The second kappa shape index (κ2) is 11.1. The maximum atomic E-state index is 5.44. The summed E-state index contributed by atoms with van der Waals surface area (Å²) in [7, 11) is 3.33. The molecule has 0 saturated heterocycles. The van der Waals surface area contributed by atoms with Gasteiger partial charge in [-0.2, -0.15) is 0 Å². The Morgan fingerprint density at radius 2 is 1.67 bits per heavy atom. The molecule has 18 heavy (non-hydrogen) atoms. The van der Waals surface area contributed by atoms with Crippen molar-refractivity contribution >= 4 is 0 Å². The summed E-state index contributed by atoms with van der Waals surface area (Å²) in [5, 5.41) is 0. The topological polar surface area (TPSA) is 36.9 Å². The first kappa shape index (κ1) is 17.0. The van der Waals surface area contributed by atoms with Crippen LogP contribution in [0.2, 0.25) is 0 Å². The highest BCUT2D eigenvalue weighted by Crippen LogP contribution is 2.11. The van der Waals surface area contributed by atoms with Crippen molar-refractivity contribution in [2.24, 2.45) is 0 Å². The molecule has 0 amide bonds. The van der Waals surface area contributed by atoms with Crippen molar-refractivity contribution in [1.29, 1.82) is 0 Å². The lowest BCUT2D eigenvalue weighted by molar-refractivity contribution is -0.105. The third-order valence-electron chi connectivity index (χ3n) is 2.39. The van der Waals surface area contributed by atoms with Crippen molar-refractivity contribution in [3.05, 3.63) is 23.7 Å². The van der Waals surface area contributed by atoms with Gasteiger partial charge in [-0.25, -0.2) is 0 Å². The zero-order valence-corrected chi connectivity index (χ0v) is 12.2. The Balaban J connectivity index is 4.34. The molecule has 0 saturated carbocycles. The number of methoxy groups -OCH3 is 2. The normalized spacial score (nSPS) is 13.0. The predicted octanol–water partition coefficient (Wildman–Crippen LogP) is 3.25. The Morgan fingerprint density at radius 3 is 2.11 bits per heavy atom. The van der Waals surface area contributed by atoms with Crippen LogP contribution < -0.4 is 0 Å². The maximum Gasteiger partial charge on any atom is 0.180 e. The highest BCUT2D eigenvalue weighted by atomic mass is 16.7. The van der Waals surface area contributed by atoms with E-state index in [0.29, 0.717) is 13.2 Å². The predicted molar refractivity (Wildman–Crippen MR) is 72.1 cm³/mol. The Hall–Kier alpha value is -1.00. The van der Waals surface area contributed by atoms with Crippen LogP contribution >= 0.6 is 0 Å². The highest BCUT2D eigenvalue weighted by molar-refractivity contribution is 4.99. The molecule has 0 radical (unpaired) electrons. The average Bonchev–Trinajstić information content (AvgIpc) is 2.37. The van der Waals surface area contributed by atoms with Crippen LogP contribution in [0.1, 0.15) is 33.6 Å². The van der Waals surface area contributed by atoms with Crippen LogP contribution in [0.5, 0.6) is 0 Å². The van der Waals surface area contributed by atoms with Crippen LogP contribution in [0.3, 0.4) is 0 Å². The zero-order chi connectivity index (χ0) is 13.8. The van der Waals surface area contributed by atoms with Gasteiger partial charge >= 0.3 is 0 Å². The molecule has 4 nitrogen and oxygen atoms in total. The van der Waals surface area contributed by atoms with Gasteiger partial charge < -0.3 is 18.9 Å². The van der Waals surface area contributed by atoms with E-state index in [1.54, 1.807) is 14.2 Å². The summed E-state index contributed by atoms with van der Waals surface area (Å²) in [6.07, 6.45) is 5.24. The van der Waals surface area contributed by atoms with Crippen molar-refractivity contribution in [2.75, 3.05) is 27.4 Å². The summed E-state index contributed by atoms with van der Waals surface area (Å²) in [6, 6.07) is 0. The molecule has 106 valence electrons. The molecule has 0 aliphatic heterocycles. The third-order valence-corrected chi connectivity index (χ3v) is 2.39. The summed E-state index contributed by atoms with van der Waals surface area (Å²) < 4.78 is 21.3. The first-order chi connectivity index (χ1) is 8.67. The van der Waals surface area contributed by atoms with Crippen molar-refractivity contribution in [2.45, 2.75) is 39.9 Å². The summed E-state index contributed by atoms with van der Waals surface area (Å²) in [5.74, 6) is 1.78. The van der Waals surface area contributed by atoms with Crippen LogP contribution in [0.25, 0.3) is 0 Å². The van der Waals surface area contributed by atoms with Gasteiger partial charge in [-0.15, -0.1) is 0 Å². The molecule has 4 heteroatoms. The second-order valence-corrected chi connectivity index (χ2v) is 3.67. The summed E-state index contributed by atoms with van der Waals surface area (Å²) in [4.78, 5) is 0. The zero-order valence-electron chi connectivity index (χ0n) is 12.2. The van der Waals surface area contributed by atoms with Crippen LogP contribution in [-0.2, 0) is 18.9 Å². The molecule has 0 spiro atoms. The minimum absolute atomic E-state index is 0.331. The van der Waals surface area contributed by atoms with E-state index in [1.807, 2.05) is 32.9 Å². The molecule has 0 aliphatic carbocycles. The fourth-order valence-electron chi connectivity index (χ4n) is 1.38. The standard InChI is InChI=1S/C14H26O4/c1-6-17-14(18-7-2)11-13(16-5)10-8-9-12(3)15-4/h9,11,14H,6-8,10H2,1-5H3/b12-9-,13-11-. The van der Waals surface area contributed by atoms with E-state index in [9.17, 15) is 0 Å². The summed E-state index contributed by atoms with van der Waals surface area (Å²) >= 11 is 0. The quantitative estimate of drug-likeness (QED) is 0.445. The van der Waals surface area contributed by atoms with E-state index in [-0.39, 0.29) is 6.29 Å². The van der Waals surface area contributed by atoms with Crippen molar-refractivity contribution in [3.63, 3.8) is 0 Å². The smallest absolute Gasteiger partial charge is 0.180 e. The lowest BCUT2D eigenvalue weighted by atomic mass is 10.2. The molecule has 0 aromatic rings. The Kier molecular flexibility index (Phi) is 10.5. The number of hydrogen-bond donors (Lipinski definition) is 0. The van der Waals surface area contributed by atoms with Crippen molar-refractivity contribution in [1.82, 2.24) is 0 Å². The average molecular weight is 258 g/mol. The van der Waals surface area contributed by atoms with Crippen molar-refractivity contribution < 1.29 is 18.9 Å². The van der Waals surface area contributed by atoms with Gasteiger partial charge in [-0.3, -0.25) is 0 Å². The van der Waals surface area contributed by atoms with Crippen LogP contribution in [0.15, 0.2) is 23.7 Å². The molecule has 0 heterocycles. The van der Waals surface area contributed by atoms with Gasteiger partial charge in [0.2, 0.25) is 0 Å². The molecule has 0 aliphatic rings. The second-order valence-electron chi connectivity index (χ2n) is 3.67. The third kappa shape index (κ3) is 8.14. The van der Waals surface area contributed by atoms with E-state index in [0.717, 1.165) is 24.4 Å². The number of ether oxygens (including phenoxy) is 4. The van der Waals surface area contributed by atoms with Crippen molar-refractivity contribution in [3.8, 4) is 0 Å². The Bertz CT molecular complexity index is 253. The van der Waals surface area contributed by atoms with E-state index >= 15 is 0 Å². The fraction of sp³-hybridized carbons (Fsp3) is 0.714. The minimum Gasteiger partial charge on any atom is -0.502 e. The maximum absolute atomic E-state index is 5.44. The van der Waals surface area contributed by atoms with Gasteiger partial charge in [0.25, 0.3) is 0 Å². The van der Waals surface area contributed by atoms with E-state index in [1.165, 1.54) is 0 Å². The Morgan fingerprint density at radius 1 is 1.06 bits per heavy atom.